The second-order valence-electron chi connectivity index (χ2n) is 4.10. The van der Waals surface area contributed by atoms with Crippen molar-refractivity contribution in [1.29, 1.82) is 0 Å². The van der Waals surface area contributed by atoms with E-state index in [0.717, 1.165) is 17.0 Å². The van der Waals surface area contributed by atoms with Crippen LogP contribution in [-0.2, 0) is 6.18 Å². The van der Waals surface area contributed by atoms with Crippen LogP contribution in [0.2, 0.25) is 0 Å². The minimum Gasteiger partial charge on any atom is -0.327 e. The van der Waals surface area contributed by atoms with Gasteiger partial charge in [0.2, 0.25) is 0 Å². The maximum atomic E-state index is 13.8. The Morgan fingerprint density at radius 3 is 2.55 bits per heavy atom. The number of carbonyl (C=O) groups is 1. The largest absolute Gasteiger partial charge is 0.419 e. The summed E-state index contributed by atoms with van der Waals surface area (Å²) in [7, 11) is 0. The average Bonchev–Trinajstić information content (AvgIpc) is 2.36. The molecule has 2 nitrogen and oxygen atoms in total. The standard InChI is InChI=1S/C14H13F4NO/c1-3-8-19(9-4-2)13(20)10-6-5-7-11(12(10)15)14(16,17)18/h1,5-7H,4,8-9H2,2H3. The van der Waals surface area contributed by atoms with Gasteiger partial charge in [0.05, 0.1) is 17.7 Å². The molecular formula is C14H13F4NO. The van der Waals surface area contributed by atoms with E-state index in [2.05, 4.69) is 5.92 Å². The summed E-state index contributed by atoms with van der Waals surface area (Å²) in [6, 6.07) is 2.61. The first-order valence-corrected chi connectivity index (χ1v) is 5.91. The van der Waals surface area contributed by atoms with E-state index in [1.807, 2.05) is 0 Å². The zero-order valence-corrected chi connectivity index (χ0v) is 10.8. The first kappa shape index (κ1) is 16.0. The second kappa shape index (κ2) is 6.42. The molecule has 1 aromatic carbocycles. The van der Waals surface area contributed by atoms with Crippen molar-refractivity contribution in [1.82, 2.24) is 4.90 Å². The van der Waals surface area contributed by atoms with Crippen molar-refractivity contribution in [2.75, 3.05) is 13.1 Å². The molecule has 0 N–H and O–H groups in total. The predicted molar refractivity (Wildman–Crippen MR) is 66.4 cm³/mol. The number of alkyl halides is 3. The van der Waals surface area contributed by atoms with E-state index in [0.29, 0.717) is 12.5 Å². The monoisotopic (exact) mass is 287 g/mol. The normalized spacial score (nSPS) is 11.0. The van der Waals surface area contributed by atoms with Crippen molar-refractivity contribution >= 4 is 5.91 Å². The number of amides is 1. The topological polar surface area (TPSA) is 20.3 Å². The molecule has 108 valence electrons. The first-order chi connectivity index (χ1) is 9.32. The highest BCUT2D eigenvalue weighted by Crippen LogP contribution is 2.32. The van der Waals surface area contributed by atoms with Gasteiger partial charge < -0.3 is 4.90 Å². The van der Waals surface area contributed by atoms with Crippen molar-refractivity contribution in [2.24, 2.45) is 0 Å². The molecule has 0 bridgehead atoms. The number of nitrogens with zero attached hydrogens (tertiary/aromatic N) is 1. The van der Waals surface area contributed by atoms with E-state index in [1.165, 1.54) is 0 Å². The zero-order valence-electron chi connectivity index (χ0n) is 10.8. The highest BCUT2D eigenvalue weighted by molar-refractivity contribution is 5.95. The maximum absolute atomic E-state index is 13.8. The predicted octanol–water partition coefficient (Wildman–Crippen LogP) is 3.33. The lowest BCUT2D eigenvalue weighted by atomic mass is 10.1. The molecule has 1 rings (SSSR count). The van der Waals surface area contributed by atoms with Crippen LogP contribution < -0.4 is 0 Å². The smallest absolute Gasteiger partial charge is 0.327 e. The highest BCUT2D eigenvalue weighted by Gasteiger charge is 2.36. The molecule has 0 atom stereocenters. The molecule has 0 unspecified atom stereocenters. The Hall–Kier alpha value is -2.03. The van der Waals surface area contributed by atoms with Gasteiger partial charge in [0.25, 0.3) is 5.91 Å². The van der Waals surface area contributed by atoms with E-state index in [1.54, 1.807) is 6.92 Å². The molecule has 0 saturated heterocycles. The van der Waals surface area contributed by atoms with E-state index in [9.17, 15) is 22.4 Å². The lowest BCUT2D eigenvalue weighted by molar-refractivity contribution is -0.140. The van der Waals surface area contributed by atoms with Crippen LogP contribution in [0.15, 0.2) is 18.2 Å². The third kappa shape index (κ3) is 3.50. The molecule has 0 fully saturated rings. The average molecular weight is 287 g/mol. The van der Waals surface area contributed by atoms with E-state index in [4.69, 9.17) is 6.42 Å². The van der Waals surface area contributed by atoms with Crippen LogP contribution >= 0.6 is 0 Å². The van der Waals surface area contributed by atoms with Crippen molar-refractivity contribution in [2.45, 2.75) is 19.5 Å². The Labute approximate surface area is 114 Å². The molecule has 0 heterocycles. The summed E-state index contributed by atoms with van der Waals surface area (Å²) >= 11 is 0. The Morgan fingerprint density at radius 2 is 2.05 bits per heavy atom. The van der Waals surface area contributed by atoms with Gasteiger partial charge in [-0.3, -0.25) is 4.79 Å². The Bertz CT molecular complexity index is 531. The molecule has 0 aliphatic rings. The van der Waals surface area contributed by atoms with Crippen LogP contribution in [0.4, 0.5) is 17.6 Å². The summed E-state index contributed by atoms with van der Waals surface area (Å²) in [5.74, 6) is -0.178. The molecule has 0 radical (unpaired) electrons. The summed E-state index contributed by atoms with van der Waals surface area (Å²) in [5, 5.41) is 0. The van der Waals surface area contributed by atoms with Gasteiger partial charge in [-0.1, -0.05) is 18.9 Å². The number of benzene rings is 1. The molecule has 0 aliphatic heterocycles. The van der Waals surface area contributed by atoms with Crippen LogP contribution in [-0.4, -0.2) is 23.9 Å². The maximum Gasteiger partial charge on any atom is 0.419 e. The third-order valence-electron chi connectivity index (χ3n) is 2.60. The molecule has 6 heteroatoms. The van der Waals surface area contributed by atoms with Crippen molar-refractivity contribution in [3.8, 4) is 12.3 Å². The fourth-order valence-electron chi connectivity index (χ4n) is 1.72. The van der Waals surface area contributed by atoms with Gasteiger partial charge in [0, 0.05) is 6.54 Å². The minimum absolute atomic E-state index is 0.0810. The van der Waals surface area contributed by atoms with Crippen LogP contribution in [0.1, 0.15) is 29.3 Å². The van der Waals surface area contributed by atoms with Gasteiger partial charge in [-0.05, 0) is 18.6 Å². The molecule has 0 spiro atoms. The van der Waals surface area contributed by atoms with Gasteiger partial charge in [-0.25, -0.2) is 4.39 Å². The van der Waals surface area contributed by atoms with Gasteiger partial charge >= 0.3 is 6.18 Å². The van der Waals surface area contributed by atoms with Crippen molar-refractivity contribution < 1.29 is 22.4 Å². The summed E-state index contributed by atoms with van der Waals surface area (Å²) in [6.45, 7) is 1.94. The minimum atomic E-state index is -4.85. The number of hydrogen-bond acceptors (Lipinski definition) is 1. The molecular weight excluding hydrogens is 274 g/mol. The summed E-state index contributed by atoms with van der Waals surface area (Å²) < 4.78 is 51.6. The van der Waals surface area contributed by atoms with Gasteiger partial charge in [0.15, 0.2) is 0 Å². The summed E-state index contributed by atoms with van der Waals surface area (Å²) in [6.07, 6.45) is 0.813. The number of terminal acetylenes is 1. The molecule has 1 aromatic rings. The number of rotatable bonds is 4. The Balaban J connectivity index is 3.20. The van der Waals surface area contributed by atoms with E-state index in [-0.39, 0.29) is 13.1 Å². The summed E-state index contributed by atoms with van der Waals surface area (Å²) in [5.41, 5.74) is -2.08. The quantitative estimate of drug-likeness (QED) is 0.614. The summed E-state index contributed by atoms with van der Waals surface area (Å²) in [4.78, 5) is 13.2. The fraction of sp³-hybridized carbons (Fsp3) is 0.357. The van der Waals surface area contributed by atoms with Crippen molar-refractivity contribution in [3.05, 3.63) is 35.1 Å². The Kier molecular flexibility index (Phi) is 5.14. The van der Waals surface area contributed by atoms with Crippen LogP contribution in [0.25, 0.3) is 0 Å². The lowest BCUT2D eigenvalue weighted by Gasteiger charge is -2.20. The number of halogens is 4. The molecule has 0 aliphatic carbocycles. The number of carbonyl (C=O) groups excluding carboxylic acids is 1. The molecule has 0 saturated carbocycles. The fourth-order valence-corrected chi connectivity index (χ4v) is 1.72. The first-order valence-electron chi connectivity index (χ1n) is 5.91. The molecule has 0 aromatic heterocycles. The second-order valence-corrected chi connectivity index (χ2v) is 4.10. The van der Waals surface area contributed by atoms with Crippen molar-refractivity contribution in [3.63, 3.8) is 0 Å². The van der Waals surface area contributed by atoms with Crippen LogP contribution in [0.3, 0.4) is 0 Å². The zero-order chi connectivity index (χ0) is 15.3. The van der Waals surface area contributed by atoms with Gasteiger partial charge in [-0.15, -0.1) is 6.42 Å². The van der Waals surface area contributed by atoms with Gasteiger partial charge in [-0.2, -0.15) is 13.2 Å². The molecule has 20 heavy (non-hydrogen) atoms. The highest BCUT2D eigenvalue weighted by atomic mass is 19.4. The lowest BCUT2D eigenvalue weighted by Crippen LogP contribution is -2.33. The third-order valence-corrected chi connectivity index (χ3v) is 2.60. The van der Waals surface area contributed by atoms with Crippen LogP contribution in [0, 0.1) is 18.2 Å². The SMILES string of the molecule is C#CCN(CCC)C(=O)c1cccc(C(F)(F)F)c1F. The van der Waals surface area contributed by atoms with Gasteiger partial charge in [0.1, 0.15) is 5.82 Å². The van der Waals surface area contributed by atoms with E-state index >= 15 is 0 Å². The number of hydrogen-bond donors (Lipinski definition) is 0. The Morgan fingerprint density at radius 1 is 1.40 bits per heavy atom. The van der Waals surface area contributed by atoms with E-state index < -0.39 is 29.0 Å². The molecule has 1 amide bonds. The van der Waals surface area contributed by atoms with Crippen LogP contribution in [0.5, 0.6) is 0 Å².